The van der Waals surface area contributed by atoms with Crippen LogP contribution in [0, 0.1) is 0 Å². The summed E-state index contributed by atoms with van der Waals surface area (Å²) in [4.78, 5) is 32.0. The van der Waals surface area contributed by atoms with Gasteiger partial charge in [0.1, 0.15) is 5.75 Å². The van der Waals surface area contributed by atoms with Crippen LogP contribution < -0.4 is 20.8 Å². The zero-order chi connectivity index (χ0) is 33.6. The molecule has 2 aromatic heterocycles. The standard InChI is InChI=1S/C35H39N7O5S/c1-40(2)39-34(45)37-26-10-13-31(24(18-26)22-46-3)47-32-19-36-35(48-32)38-33(44)23-8-11-27(12-9-23)42-21-25(29-6-4-5-7-30(29)42)20-41-16-14-28(43)15-17-41/h4-13,18-19,21,28,43H,14-17,20,22H2,1-3H3,(H,36,38,44)(H2,37,39,45). The Morgan fingerprint density at radius 2 is 1.79 bits per heavy atom. The number of amides is 3. The molecule has 13 heteroatoms. The second-order valence-electron chi connectivity index (χ2n) is 11.9. The summed E-state index contributed by atoms with van der Waals surface area (Å²) in [5, 5.41) is 19.2. The van der Waals surface area contributed by atoms with E-state index in [1.165, 1.54) is 22.3 Å². The minimum absolute atomic E-state index is 0.198. The lowest BCUT2D eigenvalue weighted by Gasteiger charge is -2.29. The van der Waals surface area contributed by atoms with Gasteiger partial charge in [-0.3, -0.25) is 20.4 Å². The van der Waals surface area contributed by atoms with Crippen LogP contribution in [0.15, 0.2) is 79.1 Å². The van der Waals surface area contributed by atoms with E-state index in [9.17, 15) is 14.7 Å². The summed E-state index contributed by atoms with van der Waals surface area (Å²) in [6.45, 7) is 2.86. The molecule has 1 aliphatic heterocycles. The number of carbonyl (C=O) groups excluding carboxylic acids is 2. The predicted molar refractivity (Wildman–Crippen MR) is 187 cm³/mol. The van der Waals surface area contributed by atoms with Crippen LogP contribution in [0.25, 0.3) is 16.6 Å². The number of aromatic nitrogens is 2. The fraction of sp³-hybridized carbons (Fsp3) is 0.286. The number of thiazole rings is 1. The number of aliphatic hydroxyl groups excluding tert-OH is 1. The minimum atomic E-state index is -0.368. The van der Waals surface area contributed by atoms with Crippen LogP contribution in [-0.4, -0.2) is 76.9 Å². The Balaban J connectivity index is 1.11. The van der Waals surface area contributed by atoms with Gasteiger partial charge in [-0.1, -0.05) is 29.5 Å². The maximum Gasteiger partial charge on any atom is 0.333 e. The quantitative estimate of drug-likeness (QED) is 0.129. The third kappa shape index (κ3) is 8.01. The number of fused-ring (bicyclic) bond motifs is 1. The zero-order valence-electron chi connectivity index (χ0n) is 27.1. The summed E-state index contributed by atoms with van der Waals surface area (Å²) in [5.41, 5.74) is 7.74. The summed E-state index contributed by atoms with van der Waals surface area (Å²) >= 11 is 1.20. The fourth-order valence-corrected chi connectivity index (χ4v) is 6.39. The largest absolute Gasteiger partial charge is 0.445 e. The van der Waals surface area contributed by atoms with E-state index < -0.39 is 0 Å². The first-order valence-electron chi connectivity index (χ1n) is 15.7. The summed E-state index contributed by atoms with van der Waals surface area (Å²) in [7, 11) is 5.03. The first-order chi connectivity index (χ1) is 23.2. The molecule has 250 valence electrons. The van der Waals surface area contributed by atoms with Gasteiger partial charge in [0, 0.05) is 74.9 Å². The summed E-state index contributed by atoms with van der Waals surface area (Å²) < 4.78 is 13.6. The van der Waals surface area contributed by atoms with E-state index in [2.05, 4.69) is 54.9 Å². The second-order valence-corrected chi connectivity index (χ2v) is 12.8. The zero-order valence-corrected chi connectivity index (χ0v) is 27.9. The summed E-state index contributed by atoms with van der Waals surface area (Å²) in [6.07, 6.45) is 5.14. The maximum atomic E-state index is 13.1. The van der Waals surface area contributed by atoms with Crippen LogP contribution in [0.4, 0.5) is 15.6 Å². The van der Waals surface area contributed by atoms with Gasteiger partial charge >= 0.3 is 6.03 Å². The molecule has 3 aromatic carbocycles. The van der Waals surface area contributed by atoms with Crippen molar-refractivity contribution in [2.45, 2.75) is 32.1 Å². The van der Waals surface area contributed by atoms with Crippen LogP contribution in [0.2, 0.25) is 0 Å². The number of aliphatic hydroxyl groups is 1. The Kier molecular flexibility index (Phi) is 10.3. The van der Waals surface area contributed by atoms with Crippen LogP contribution in [0.5, 0.6) is 10.8 Å². The second kappa shape index (κ2) is 15.0. The van der Waals surface area contributed by atoms with E-state index in [1.54, 1.807) is 50.6 Å². The molecule has 0 spiro atoms. The highest BCUT2D eigenvalue weighted by Crippen LogP contribution is 2.34. The van der Waals surface area contributed by atoms with Gasteiger partial charge in [0.05, 0.1) is 24.4 Å². The van der Waals surface area contributed by atoms with Crippen LogP contribution >= 0.6 is 11.3 Å². The Bertz CT molecular complexity index is 1880. The van der Waals surface area contributed by atoms with Crippen LogP contribution in [0.3, 0.4) is 0 Å². The van der Waals surface area contributed by atoms with Crippen molar-refractivity contribution in [3.05, 3.63) is 95.8 Å². The molecule has 0 atom stereocenters. The van der Waals surface area contributed by atoms with E-state index in [0.717, 1.165) is 49.2 Å². The Morgan fingerprint density at radius 3 is 2.54 bits per heavy atom. The van der Waals surface area contributed by atoms with Gasteiger partial charge in [0.15, 0.2) is 5.13 Å². The molecule has 0 aliphatic carbocycles. The molecular weight excluding hydrogens is 630 g/mol. The van der Waals surface area contributed by atoms with E-state index >= 15 is 0 Å². The van der Waals surface area contributed by atoms with Gasteiger partial charge in [-0.05, 0) is 66.9 Å². The summed E-state index contributed by atoms with van der Waals surface area (Å²) in [5.74, 6) is 0.266. The highest BCUT2D eigenvalue weighted by molar-refractivity contribution is 7.17. The van der Waals surface area contributed by atoms with Crippen molar-refractivity contribution in [2.75, 3.05) is 44.9 Å². The number of urea groups is 1. The number of nitrogens with zero attached hydrogens (tertiary/aromatic N) is 4. The molecule has 3 heterocycles. The molecule has 0 saturated carbocycles. The maximum absolute atomic E-state index is 13.1. The topological polar surface area (TPSA) is 133 Å². The average molecular weight is 670 g/mol. The third-order valence-corrected chi connectivity index (χ3v) is 8.80. The molecule has 1 saturated heterocycles. The number of rotatable bonds is 11. The molecule has 12 nitrogen and oxygen atoms in total. The van der Waals surface area contributed by atoms with Gasteiger partial charge in [0.25, 0.3) is 5.91 Å². The SMILES string of the molecule is COCc1cc(NC(=O)NN(C)C)ccc1Oc1cnc(NC(=O)c2ccc(-n3cc(CN4CCC(O)CC4)c4ccccc43)cc2)s1. The van der Waals surface area contributed by atoms with Crippen molar-refractivity contribution < 1.29 is 24.2 Å². The molecule has 6 rings (SSSR count). The van der Waals surface area contributed by atoms with E-state index in [1.807, 2.05) is 30.3 Å². The Hall–Kier alpha value is -4.79. The number of benzene rings is 3. The molecule has 0 radical (unpaired) electrons. The number of hydrogen-bond acceptors (Lipinski definition) is 9. The number of methoxy groups -OCH3 is 1. The number of piperidine rings is 1. The van der Waals surface area contributed by atoms with Gasteiger partial charge in [-0.2, -0.15) is 0 Å². The van der Waals surface area contributed by atoms with Crippen LogP contribution in [-0.2, 0) is 17.9 Å². The van der Waals surface area contributed by atoms with Gasteiger partial charge in [-0.15, -0.1) is 0 Å². The Labute approximate surface area is 282 Å². The van der Waals surface area contributed by atoms with Gasteiger partial charge in [-0.25, -0.2) is 14.8 Å². The van der Waals surface area contributed by atoms with E-state index in [0.29, 0.717) is 27.2 Å². The minimum Gasteiger partial charge on any atom is -0.445 e. The predicted octanol–water partition coefficient (Wildman–Crippen LogP) is 5.83. The lowest BCUT2D eigenvalue weighted by Crippen LogP contribution is -2.39. The normalized spacial score (nSPS) is 13.9. The number of hydrogen-bond donors (Lipinski definition) is 4. The van der Waals surface area contributed by atoms with Crippen molar-refractivity contribution in [3.8, 4) is 16.5 Å². The smallest absolute Gasteiger partial charge is 0.333 e. The average Bonchev–Trinajstić information content (AvgIpc) is 3.67. The molecule has 1 fully saturated rings. The van der Waals surface area contributed by atoms with Crippen molar-refractivity contribution in [1.29, 1.82) is 0 Å². The highest BCUT2D eigenvalue weighted by atomic mass is 32.1. The van der Waals surface area contributed by atoms with Gasteiger partial charge in [0.2, 0.25) is 5.06 Å². The molecule has 0 bridgehead atoms. The Morgan fingerprint density at radius 1 is 1.02 bits per heavy atom. The number of carbonyl (C=O) groups is 2. The number of likely N-dealkylation sites (tertiary alicyclic amines) is 1. The number of anilines is 2. The lowest BCUT2D eigenvalue weighted by atomic mass is 10.1. The first kappa shape index (κ1) is 33.1. The number of ether oxygens (including phenoxy) is 2. The molecule has 3 amide bonds. The number of para-hydroxylation sites is 1. The third-order valence-electron chi connectivity index (χ3n) is 8.01. The fourth-order valence-electron chi connectivity index (χ4n) is 5.71. The molecule has 0 unspecified atom stereocenters. The van der Waals surface area contributed by atoms with Crippen molar-refractivity contribution in [1.82, 2.24) is 24.9 Å². The van der Waals surface area contributed by atoms with E-state index in [4.69, 9.17) is 9.47 Å². The monoisotopic (exact) mass is 669 g/mol. The molecule has 5 aromatic rings. The van der Waals surface area contributed by atoms with Crippen molar-refractivity contribution in [2.24, 2.45) is 0 Å². The highest BCUT2D eigenvalue weighted by Gasteiger charge is 2.20. The molecular formula is C35H39N7O5S. The molecule has 48 heavy (non-hydrogen) atoms. The van der Waals surface area contributed by atoms with Crippen molar-refractivity contribution in [3.63, 3.8) is 0 Å². The van der Waals surface area contributed by atoms with Gasteiger partial charge < -0.3 is 24.5 Å². The number of nitrogens with one attached hydrogen (secondary N) is 3. The van der Waals surface area contributed by atoms with E-state index in [-0.39, 0.29) is 24.6 Å². The molecule has 1 aliphatic rings. The summed E-state index contributed by atoms with van der Waals surface area (Å²) in [6, 6.07) is 20.7. The number of hydrazine groups is 1. The first-order valence-corrected chi connectivity index (χ1v) is 16.5. The lowest BCUT2D eigenvalue weighted by molar-refractivity contribution is 0.0794. The van der Waals surface area contributed by atoms with Crippen LogP contribution in [0.1, 0.15) is 34.3 Å². The van der Waals surface area contributed by atoms with Crippen molar-refractivity contribution >= 4 is 45.0 Å². The molecule has 4 N–H and O–H groups in total.